The van der Waals surface area contributed by atoms with Crippen LogP contribution in [0.3, 0.4) is 0 Å². The molecule has 0 aliphatic rings. The van der Waals surface area contributed by atoms with Gasteiger partial charge in [-0.25, -0.2) is 0 Å². The van der Waals surface area contributed by atoms with Gasteiger partial charge < -0.3 is 9.84 Å². The first-order valence-electron chi connectivity index (χ1n) is 7.11. The highest BCUT2D eigenvalue weighted by molar-refractivity contribution is 14.1. The van der Waals surface area contributed by atoms with Crippen molar-refractivity contribution in [3.05, 3.63) is 48.5 Å². The topological polar surface area (TPSA) is 46.5 Å². The molecule has 1 atom stereocenters. The van der Waals surface area contributed by atoms with Crippen LogP contribution in [0, 0.1) is 0 Å². The molecule has 112 valence electrons. The van der Waals surface area contributed by atoms with Gasteiger partial charge in [0.1, 0.15) is 15.4 Å². The first-order valence-corrected chi connectivity index (χ1v) is 8.36. The Kier molecular flexibility index (Phi) is 4.20. The molecule has 0 fully saturated rings. The van der Waals surface area contributed by atoms with Gasteiger partial charge in [-0.3, -0.25) is 4.79 Å². The molecule has 0 aromatic heterocycles. The highest BCUT2D eigenvalue weighted by Gasteiger charge is 2.20. The summed E-state index contributed by atoms with van der Waals surface area (Å²) in [7, 11) is 0. The summed E-state index contributed by atoms with van der Waals surface area (Å²) in [6, 6.07) is 14.8. The first kappa shape index (κ1) is 15.1. The minimum absolute atomic E-state index is 0.191. The molecule has 0 saturated heterocycles. The SMILES string of the molecule is CCC(I)C(=O)Oc1c2ccccc2c(O)c2ccccc12. The van der Waals surface area contributed by atoms with Gasteiger partial charge in [0.2, 0.25) is 0 Å². The number of alkyl halides is 1. The summed E-state index contributed by atoms with van der Waals surface area (Å²) in [5.41, 5.74) is 0. The molecule has 0 aliphatic carbocycles. The number of fused-ring (bicyclic) bond motifs is 2. The molecule has 3 aromatic rings. The molecule has 0 saturated carbocycles. The third-order valence-electron chi connectivity index (χ3n) is 3.67. The molecule has 22 heavy (non-hydrogen) atoms. The lowest BCUT2D eigenvalue weighted by Crippen LogP contribution is -2.19. The number of hydrogen-bond acceptors (Lipinski definition) is 3. The van der Waals surface area contributed by atoms with Crippen LogP contribution in [0.15, 0.2) is 48.5 Å². The van der Waals surface area contributed by atoms with Crippen LogP contribution in [0.5, 0.6) is 11.5 Å². The molecule has 1 N–H and O–H groups in total. The van der Waals surface area contributed by atoms with Crippen molar-refractivity contribution in [1.82, 2.24) is 0 Å². The quantitative estimate of drug-likeness (QED) is 0.223. The summed E-state index contributed by atoms with van der Waals surface area (Å²) >= 11 is 2.09. The monoisotopic (exact) mass is 406 g/mol. The number of phenols is 1. The summed E-state index contributed by atoms with van der Waals surface area (Å²) in [6.07, 6.45) is 0.716. The summed E-state index contributed by atoms with van der Waals surface area (Å²) < 4.78 is 5.50. The Hall–Kier alpha value is -1.82. The fourth-order valence-electron chi connectivity index (χ4n) is 2.51. The van der Waals surface area contributed by atoms with Gasteiger partial charge in [0.25, 0.3) is 0 Å². The molecule has 0 aliphatic heterocycles. The van der Waals surface area contributed by atoms with E-state index >= 15 is 0 Å². The number of hydrogen-bond donors (Lipinski definition) is 1. The number of carbonyl (C=O) groups excluding carboxylic acids is 1. The minimum atomic E-state index is -0.260. The lowest BCUT2D eigenvalue weighted by molar-refractivity contribution is -0.133. The van der Waals surface area contributed by atoms with Crippen molar-refractivity contribution in [2.75, 3.05) is 0 Å². The number of ether oxygens (including phenoxy) is 1. The standard InChI is InChI=1S/C18H15IO3/c1-2-15(19)18(21)22-17-13-9-5-3-7-11(13)16(20)12-8-4-6-10-14(12)17/h3-10,15,20H,2H2,1H3. The van der Waals surface area contributed by atoms with E-state index in [2.05, 4.69) is 22.6 Å². The lowest BCUT2D eigenvalue weighted by atomic mass is 10.0. The number of benzene rings is 3. The molecule has 0 amide bonds. The minimum Gasteiger partial charge on any atom is -0.507 e. The second-order valence-corrected chi connectivity index (χ2v) is 6.57. The summed E-state index contributed by atoms with van der Waals surface area (Å²) in [5, 5.41) is 13.3. The van der Waals surface area contributed by atoms with E-state index in [4.69, 9.17) is 4.74 Å². The van der Waals surface area contributed by atoms with Crippen molar-refractivity contribution in [1.29, 1.82) is 0 Å². The highest BCUT2D eigenvalue weighted by Crippen LogP contribution is 2.42. The maximum Gasteiger partial charge on any atom is 0.324 e. The van der Waals surface area contributed by atoms with E-state index in [-0.39, 0.29) is 15.6 Å². The Morgan fingerprint density at radius 3 is 1.95 bits per heavy atom. The van der Waals surface area contributed by atoms with Gasteiger partial charge in [0.15, 0.2) is 0 Å². The Labute approximate surface area is 142 Å². The number of halogens is 1. The van der Waals surface area contributed by atoms with Gasteiger partial charge in [0, 0.05) is 21.5 Å². The van der Waals surface area contributed by atoms with E-state index < -0.39 is 0 Å². The fourth-order valence-corrected chi connectivity index (χ4v) is 2.63. The van der Waals surface area contributed by atoms with Crippen molar-refractivity contribution >= 4 is 50.1 Å². The number of aromatic hydroxyl groups is 1. The van der Waals surface area contributed by atoms with Crippen molar-refractivity contribution in [3.63, 3.8) is 0 Å². The third kappa shape index (κ3) is 2.52. The number of phenolic OH excluding ortho intramolecular Hbond substituents is 1. The Balaban J connectivity index is 2.29. The van der Waals surface area contributed by atoms with E-state index in [9.17, 15) is 9.90 Å². The van der Waals surface area contributed by atoms with Crippen molar-refractivity contribution in [2.45, 2.75) is 17.3 Å². The molecule has 1 unspecified atom stereocenters. The van der Waals surface area contributed by atoms with Crippen LogP contribution in [0.4, 0.5) is 0 Å². The van der Waals surface area contributed by atoms with E-state index in [0.717, 1.165) is 10.8 Å². The molecule has 4 heteroatoms. The number of rotatable bonds is 3. The zero-order valence-electron chi connectivity index (χ0n) is 12.0. The van der Waals surface area contributed by atoms with E-state index in [1.165, 1.54) is 0 Å². The summed E-state index contributed by atoms with van der Waals surface area (Å²) in [4.78, 5) is 12.2. The van der Waals surface area contributed by atoms with Crippen LogP contribution in [-0.2, 0) is 4.79 Å². The normalized spacial score (nSPS) is 12.5. The van der Waals surface area contributed by atoms with Gasteiger partial charge in [-0.05, 0) is 6.42 Å². The molecule has 3 rings (SSSR count). The second kappa shape index (κ2) is 6.12. The summed E-state index contributed by atoms with van der Waals surface area (Å²) in [6.45, 7) is 1.95. The zero-order chi connectivity index (χ0) is 15.7. The molecular weight excluding hydrogens is 391 g/mol. The van der Waals surface area contributed by atoms with E-state index in [1.807, 2.05) is 55.5 Å². The van der Waals surface area contributed by atoms with Crippen LogP contribution in [0.2, 0.25) is 0 Å². The third-order valence-corrected chi connectivity index (χ3v) is 5.06. The smallest absolute Gasteiger partial charge is 0.324 e. The summed E-state index contributed by atoms with van der Waals surface area (Å²) in [5.74, 6) is 0.473. The van der Waals surface area contributed by atoms with Crippen LogP contribution in [-0.4, -0.2) is 15.0 Å². The molecular formula is C18H15IO3. The zero-order valence-corrected chi connectivity index (χ0v) is 14.2. The van der Waals surface area contributed by atoms with Crippen molar-refractivity contribution in [3.8, 4) is 11.5 Å². The number of carbonyl (C=O) groups is 1. The average molecular weight is 406 g/mol. The van der Waals surface area contributed by atoms with Crippen LogP contribution < -0.4 is 4.74 Å². The lowest BCUT2D eigenvalue weighted by Gasteiger charge is -2.14. The maximum atomic E-state index is 12.2. The second-order valence-electron chi connectivity index (χ2n) is 5.07. The molecule has 3 aromatic carbocycles. The van der Waals surface area contributed by atoms with E-state index in [1.54, 1.807) is 0 Å². The Morgan fingerprint density at radius 2 is 1.50 bits per heavy atom. The van der Waals surface area contributed by atoms with Gasteiger partial charge in [-0.2, -0.15) is 0 Å². The van der Waals surface area contributed by atoms with Crippen molar-refractivity contribution < 1.29 is 14.6 Å². The van der Waals surface area contributed by atoms with Crippen molar-refractivity contribution in [2.24, 2.45) is 0 Å². The highest BCUT2D eigenvalue weighted by atomic mass is 127. The van der Waals surface area contributed by atoms with Crippen LogP contribution in [0.1, 0.15) is 13.3 Å². The van der Waals surface area contributed by atoms with Gasteiger partial charge in [-0.1, -0.05) is 78.0 Å². The van der Waals surface area contributed by atoms with Gasteiger partial charge in [0.05, 0.1) is 0 Å². The molecule has 0 bridgehead atoms. The first-order chi connectivity index (χ1) is 10.6. The fraction of sp³-hybridized carbons (Fsp3) is 0.167. The van der Waals surface area contributed by atoms with Crippen LogP contribution in [0.25, 0.3) is 21.5 Å². The predicted octanol–water partition coefficient (Wildman–Crippen LogP) is 4.82. The van der Waals surface area contributed by atoms with E-state index in [0.29, 0.717) is 22.9 Å². The molecule has 0 spiro atoms. The maximum absolute atomic E-state index is 12.2. The Bertz CT molecular complexity index is 800. The Morgan fingerprint density at radius 1 is 1.05 bits per heavy atom. The largest absolute Gasteiger partial charge is 0.507 e. The van der Waals surface area contributed by atoms with Crippen LogP contribution >= 0.6 is 22.6 Å². The predicted molar refractivity (Wildman–Crippen MR) is 96.9 cm³/mol. The molecule has 0 heterocycles. The van der Waals surface area contributed by atoms with Gasteiger partial charge >= 0.3 is 5.97 Å². The average Bonchev–Trinajstić information content (AvgIpc) is 2.57. The molecule has 0 radical (unpaired) electrons. The molecule has 3 nitrogen and oxygen atoms in total. The van der Waals surface area contributed by atoms with Gasteiger partial charge in [-0.15, -0.1) is 0 Å². The number of esters is 1.